The van der Waals surface area contributed by atoms with E-state index >= 15 is 0 Å². The number of guanidine groups is 1. The zero-order chi connectivity index (χ0) is 23.0. The number of rotatable bonds is 8. The summed E-state index contributed by atoms with van der Waals surface area (Å²) in [6, 6.07) is 13.2. The molecule has 0 saturated heterocycles. The van der Waals surface area contributed by atoms with Crippen molar-refractivity contribution in [2.24, 2.45) is 4.99 Å². The van der Waals surface area contributed by atoms with Crippen LogP contribution < -0.4 is 15.4 Å². The van der Waals surface area contributed by atoms with Gasteiger partial charge in [0, 0.05) is 25.7 Å². The van der Waals surface area contributed by atoms with Gasteiger partial charge in [-0.05, 0) is 29.7 Å². The molecule has 3 rings (SSSR count). The molecular formula is C22H26F3IN6O. The molecule has 0 aliphatic carbocycles. The third-order valence-electron chi connectivity index (χ3n) is 4.55. The number of ether oxygens (including phenoxy) is 1. The number of nitrogens with one attached hydrogen (secondary N) is 2. The standard InChI is InChI=1S/C22H25F3N6O.HI/c1-16-6-7-19(20(8-16)32-13-22(23,24)25)11-29-21(26-2)28-10-17-4-3-5-18(9-17)12-31-15-27-14-30-31;/h3-9,14-15H,10-13H2,1-2H3,(H2,26,28,29);1H. The van der Waals surface area contributed by atoms with Gasteiger partial charge < -0.3 is 15.4 Å². The number of aryl methyl sites for hydroxylation is 1. The maximum atomic E-state index is 12.6. The number of hydrogen-bond acceptors (Lipinski definition) is 4. The van der Waals surface area contributed by atoms with E-state index < -0.39 is 12.8 Å². The largest absolute Gasteiger partial charge is 0.484 e. The van der Waals surface area contributed by atoms with Crippen LogP contribution in [0.15, 0.2) is 60.1 Å². The van der Waals surface area contributed by atoms with Crippen molar-refractivity contribution in [2.45, 2.75) is 32.7 Å². The van der Waals surface area contributed by atoms with Gasteiger partial charge in [0.1, 0.15) is 18.4 Å². The van der Waals surface area contributed by atoms with Gasteiger partial charge in [-0.15, -0.1) is 24.0 Å². The van der Waals surface area contributed by atoms with E-state index in [4.69, 9.17) is 4.74 Å². The van der Waals surface area contributed by atoms with Gasteiger partial charge >= 0.3 is 6.18 Å². The van der Waals surface area contributed by atoms with Crippen LogP contribution in [-0.4, -0.2) is 40.6 Å². The van der Waals surface area contributed by atoms with Gasteiger partial charge in [-0.3, -0.25) is 4.99 Å². The molecule has 0 spiro atoms. The maximum absolute atomic E-state index is 12.6. The summed E-state index contributed by atoms with van der Waals surface area (Å²) in [6.45, 7) is 1.88. The van der Waals surface area contributed by atoms with E-state index in [0.717, 1.165) is 16.7 Å². The molecule has 2 aromatic carbocycles. The quantitative estimate of drug-likeness (QED) is 0.241. The fourth-order valence-corrected chi connectivity index (χ4v) is 3.03. The van der Waals surface area contributed by atoms with Gasteiger partial charge in [0.2, 0.25) is 0 Å². The van der Waals surface area contributed by atoms with E-state index in [-0.39, 0.29) is 36.3 Å². The first-order valence-corrected chi connectivity index (χ1v) is 9.96. The van der Waals surface area contributed by atoms with E-state index in [2.05, 4.69) is 31.8 Å². The predicted octanol–water partition coefficient (Wildman–Crippen LogP) is 4.06. The highest BCUT2D eigenvalue weighted by atomic mass is 127. The van der Waals surface area contributed by atoms with Crippen molar-refractivity contribution in [3.63, 3.8) is 0 Å². The highest BCUT2D eigenvalue weighted by molar-refractivity contribution is 14.0. The zero-order valence-electron chi connectivity index (χ0n) is 18.3. The third-order valence-corrected chi connectivity index (χ3v) is 4.55. The van der Waals surface area contributed by atoms with Gasteiger partial charge in [-0.2, -0.15) is 18.3 Å². The van der Waals surface area contributed by atoms with Crippen LogP contribution in [0.2, 0.25) is 0 Å². The molecule has 11 heteroatoms. The molecule has 0 fully saturated rings. The van der Waals surface area contributed by atoms with Crippen LogP contribution in [0.4, 0.5) is 13.2 Å². The average Bonchev–Trinajstić information content (AvgIpc) is 3.26. The van der Waals surface area contributed by atoms with Crippen molar-refractivity contribution in [3.8, 4) is 5.75 Å². The highest BCUT2D eigenvalue weighted by Gasteiger charge is 2.28. The van der Waals surface area contributed by atoms with Crippen LogP contribution in [0.1, 0.15) is 22.3 Å². The molecule has 178 valence electrons. The second-order valence-corrected chi connectivity index (χ2v) is 7.21. The second kappa shape index (κ2) is 12.4. The summed E-state index contributed by atoms with van der Waals surface area (Å²) in [5, 5.41) is 10.4. The molecule has 0 saturated carbocycles. The predicted molar refractivity (Wildman–Crippen MR) is 131 cm³/mol. The minimum absolute atomic E-state index is 0. The number of nitrogens with zero attached hydrogens (tertiary/aromatic N) is 4. The van der Waals surface area contributed by atoms with E-state index in [1.807, 2.05) is 24.3 Å². The minimum Gasteiger partial charge on any atom is -0.484 e. The molecule has 0 unspecified atom stereocenters. The van der Waals surface area contributed by atoms with E-state index in [1.54, 1.807) is 37.1 Å². The summed E-state index contributed by atoms with van der Waals surface area (Å²) in [4.78, 5) is 8.13. The van der Waals surface area contributed by atoms with Gasteiger partial charge in [0.25, 0.3) is 0 Å². The summed E-state index contributed by atoms with van der Waals surface area (Å²) < 4.78 is 44.4. The molecule has 0 atom stereocenters. The SMILES string of the molecule is CN=C(NCc1cccc(Cn2cncn2)c1)NCc1ccc(C)cc1OCC(F)(F)F.I. The van der Waals surface area contributed by atoms with Crippen molar-refractivity contribution in [2.75, 3.05) is 13.7 Å². The summed E-state index contributed by atoms with van der Waals surface area (Å²) in [7, 11) is 1.63. The van der Waals surface area contributed by atoms with Crippen LogP contribution in [0.25, 0.3) is 0 Å². The molecule has 0 aliphatic heterocycles. The van der Waals surface area contributed by atoms with Crippen molar-refractivity contribution >= 4 is 29.9 Å². The third kappa shape index (κ3) is 8.91. The number of benzene rings is 2. The van der Waals surface area contributed by atoms with E-state index in [1.165, 1.54) is 6.33 Å². The fraction of sp³-hybridized carbons (Fsp3) is 0.318. The normalized spacial score (nSPS) is 11.6. The molecule has 1 aromatic heterocycles. The van der Waals surface area contributed by atoms with E-state index in [9.17, 15) is 13.2 Å². The molecule has 0 amide bonds. The minimum atomic E-state index is -4.39. The number of aromatic nitrogens is 3. The molecule has 0 aliphatic rings. The van der Waals surface area contributed by atoms with Crippen molar-refractivity contribution in [1.29, 1.82) is 0 Å². The zero-order valence-corrected chi connectivity index (χ0v) is 20.6. The number of hydrogen-bond donors (Lipinski definition) is 2. The Bertz CT molecular complexity index is 1040. The monoisotopic (exact) mass is 574 g/mol. The summed E-state index contributed by atoms with van der Waals surface area (Å²) in [5.74, 6) is 0.722. The topological polar surface area (TPSA) is 76.4 Å². The summed E-state index contributed by atoms with van der Waals surface area (Å²) in [6.07, 6.45) is -1.24. The Balaban J connectivity index is 0.00000385. The molecule has 33 heavy (non-hydrogen) atoms. The molecule has 0 radical (unpaired) electrons. The van der Waals surface area contributed by atoms with Crippen LogP contribution in [0.3, 0.4) is 0 Å². The summed E-state index contributed by atoms with van der Waals surface area (Å²) in [5.41, 5.74) is 3.57. The lowest BCUT2D eigenvalue weighted by molar-refractivity contribution is -0.153. The van der Waals surface area contributed by atoms with Crippen molar-refractivity contribution < 1.29 is 17.9 Å². The van der Waals surface area contributed by atoms with Crippen LogP contribution >= 0.6 is 24.0 Å². The fourth-order valence-electron chi connectivity index (χ4n) is 3.03. The van der Waals surface area contributed by atoms with Crippen LogP contribution in [0.5, 0.6) is 5.75 Å². The lowest BCUT2D eigenvalue weighted by atomic mass is 10.1. The van der Waals surface area contributed by atoms with Gasteiger partial charge in [-0.1, -0.05) is 36.4 Å². The first-order chi connectivity index (χ1) is 15.3. The van der Waals surface area contributed by atoms with E-state index in [0.29, 0.717) is 24.6 Å². The van der Waals surface area contributed by atoms with Crippen molar-refractivity contribution in [1.82, 2.24) is 25.4 Å². The second-order valence-electron chi connectivity index (χ2n) is 7.21. The molecule has 3 aromatic rings. The number of alkyl halides is 3. The number of halogens is 4. The first kappa shape index (κ1) is 26.4. The Morgan fingerprint density at radius 2 is 1.85 bits per heavy atom. The maximum Gasteiger partial charge on any atom is 0.422 e. The Hall–Kier alpha value is -2.83. The smallest absolute Gasteiger partial charge is 0.422 e. The Kier molecular flexibility index (Phi) is 9.95. The Labute approximate surface area is 207 Å². The lowest BCUT2D eigenvalue weighted by Crippen LogP contribution is -2.36. The van der Waals surface area contributed by atoms with Crippen LogP contribution in [-0.2, 0) is 19.6 Å². The van der Waals surface area contributed by atoms with Crippen molar-refractivity contribution in [3.05, 3.63) is 77.4 Å². The lowest BCUT2D eigenvalue weighted by Gasteiger charge is -2.16. The van der Waals surface area contributed by atoms with Gasteiger partial charge in [0.15, 0.2) is 12.6 Å². The molecule has 2 N–H and O–H groups in total. The Morgan fingerprint density at radius 1 is 1.09 bits per heavy atom. The number of aliphatic imine (C=N–C) groups is 1. The highest BCUT2D eigenvalue weighted by Crippen LogP contribution is 2.23. The summed E-state index contributed by atoms with van der Waals surface area (Å²) >= 11 is 0. The Morgan fingerprint density at radius 3 is 2.55 bits per heavy atom. The molecule has 1 heterocycles. The molecule has 0 bridgehead atoms. The average molecular weight is 574 g/mol. The first-order valence-electron chi connectivity index (χ1n) is 9.96. The molecule has 7 nitrogen and oxygen atoms in total. The van der Waals surface area contributed by atoms with Gasteiger partial charge in [-0.25, -0.2) is 9.67 Å². The van der Waals surface area contributed by atoms with Gasteiger partial charge in [0.05, 0.1) is 6.54 Å². The molecular weight excluding hydrogens is 548 g/mol. The van der Waals surface area contributed by atoms with Crippen LogP contribution in [0, 0.1) is 6.92 Å².